The molecule has 0 bridgehead atoms. The standard InChI is InChI=1S/C28H28N2O5/c31-25(32)24-21-12-30(13-22(21)24)26(33)28-10-15(28)9-16(11-28)29-27(34)35-14-23-19-7-3-1-5-17(19)18-6-2-4-8-20(18)23/h1-8,15-16,21-24H,9-14H2,(H,29,34)(H,31,32). The number of carbonyl (C=O) groups is 3. The summed E-state index contributed by atoms with van der Waals surface area (Å²) >= 11 is 0. The van der Waals surface area contributed by atoms with E-state index in [1.807, 2.05) is 29.2 Å². The summed E-state index contributed by atoms with van der Waals surface area (Å²) in [6.07, 6.45) is 1.90. The van der Waals surface area contributed by atoms with E-state index < -0.39 is 12.1 Å². The van der Waals surface area contributed by atoms with Crippen LogP contribution in [0, 0.1) is 29.1 Å². The maximum absolute atomic E-state index is 13.3. The lowest BCUT2D eigenvalue weighted by Gasteiger charge is -2.25. The number of hydrogen-bond donors (Lipinski definition) is 2. The maximum atomic E-state index is 13.3. The van der Waals surface area contributed by atoms with Gasteiger partial charge in [-0.2, -0.15) is 0 Å². The van der Waals surface area contributed by atoms with E-state index in [1.54, 1.807) is 0 Å². The highest BCUT2D eigenvalue weighted by Crippen LogP contribution is 2.65. The molecule has 35 heavy (non-hydrogen) atoms. The Kier molecular flexibility index (Phi) is 4.39. The van der Waals surface area contributed by atoms with Gasteiger partial charge in [-0.3, -0.25) is 9.59 Å². The fraction of sp³-hybridized carbons (Fsp3) is 0.464. The number of nitrogens with one attached hydrogen (secondary N) is 1. The van der Waals surface area contributed by atoms with Crippen LogP contribution in [0.2, 0.25) is 0 Å². The van der Waals surface area contributed by atoms with Crippen LogP contribution in [0.5, 0.6) is 0 Å². The molecule has 1 heterocycles. The number of amides is 2. The Labute approximate surface area is 203 Å². The van der Waals surface area contributed by atoms with Crippen LogP contribution in [0.1, 0.15) is 36.3 Å². The SMILES string of the molecule is O=C(NC1CC2CC2(C(=O)N2CC3C(C2)C3C(=O)O)C1)OCC1c2ccccc2-c2ccccc21. The number of carboxylic acid groups (broad SMARTS) is 1. The highest BCUT2D eigenvalue weighted by Gasteiger charge is 2.68. The zero-order valence-corrected chi connectivity index (χ0v) is 19.4. The number of benzene rings is 2. The van der Waals surface area contributed by atoms with Crippen molar-refractivity contribution in [2.45, 2.75) is 31.2 Å². The van der Waals surface area contributed by atoms with Crippen molar-refractivity contribution in [3.63, 3.8) is 0 Å². The summed E-state index contributed by atoms with van der Waals surface area (Å²) in [5.74, 6) is -0.255. The molecule has 5 unspecified atom stereocenters. The topological polar surface area (TPSA) is 95.9 Å². The Bertz CT molecular complexity index is 1200. The Balaban J connectivity index is 0.951. The fourth-order valence-corrected chi connectivity index (χ4v) is 7.45. The van der Waals surface area contributed by atoms with Crippen molar-refractivity contribution in [3.05, 3.63) is 59.7 Å². The van der Waals surface area contributed by atoms with Gasteiger partial charge in [0, 0.05) is 25.0 Å². The zero-order chi connectivity index (χ0) is 23.9. The second-order valence-corrected chi connectivity index (χ2v) is 11.1. The number of carbonyl (C=O) groups excluding carboxylic acids is 2. The smallest absolute Gasteiger partial charge is 0.407 e. The second-order valence-electron chi connectivity index (χ2n) is 11.1. The Morgan fingerprint density at radius 1 is 0.971 bits per heavy atom. The number of piperidine rings is 1. The molecule has 7 heteroatoms. The fourth-order valence-electron chi connectivity index (χ4n) is 7.45. The third kappa shape index (κ3) is 3.13. The summed E-state index contributed by atoms with van der Waals surface area (Å²) in [5.41, 5.74) is 4.39. The summed E-state index contributed by atoms with van der Waals surface area (Å²) in [6, 6.07) is 16.5. The summed E-state index contributed by atoms with van der Waals surface area (Å²) in [6.45, 7) is 1.42. The predicted octanol–water partition coefficient (Wildman–Crippen LogP) is 3.48. The lowest BCUT2D eigenvalue weighted by Crippen LogP contribution is -2.40. The van der Waals surface area contributed by atoms with E-state index in [-0.39, 0.29) is 47.6 Å². The first-order chi connectivity index (χ1) is 17.0. The molecule has 5 atom stereocenters. The number of alkyl carbamates (subject to hydrolysis) is 1. The molecular formula is C28H28N2O5. The van der Waals surface area contributed by atoms with E-state index in [2.05, 4.69) is 29.6 Å². The summed E-state index contributed by atoms with van der Waals surface area (Å²) in [4.78, 5) is 39.1. The first-order valence-corrected chi connectivity index (χ1v) is 12.6. The normalized spacial score (nSPS) is 33.4. The van der Waals surface area contributed by atoms with Gasteiger partial charge < -0.3 is 20.1 Å². The van der Waals surface area contributed by atoms with E-state index in [9.17, 15) is 19.5 Å². The van der Waals surface area contributed by atoms with Crippen LogP contribution >= 0.6 is 0 Å². The molecule has 2 aromatic carbocycles. The lowest BCUT2D eigenvalue weighted by atomic mass is 9.98. The Morgan fingerprint density at radius 3 is 2.23 bits per heavy atom. The van der Waals surface area contributed by atoms with Gasteiger partial charge in [0.15, 0.2) is 0 Å². The van der Waals surface area contributed by atoms with Crippen LogP contribution in [-0.2, 0) is 14.3 Å². The molecule has 0 radical (unpaired) electrons. The third-order valence-electron chi connectivity index (χ3n) is 9.27. The molecule has 1 saturated heterocycles. The van der Waals surface area contributed by atoms with E-state index in [0.29, 0.717) is 25.4 Å². The molecule has 7 rings (SSSR count). The van der Waals surface area contributed by atoms with Crippen molar-refractivity contribution < 1.29 is 24.2 Å². The second kappa shape index (κ2) is 7.33. The minimum atomic E-state index is -0.734. The molecule has 4 fully saturated rings. The first kappa shape index (κ1) is 21.0. The number of ether oxygens (including phenoxy) is 1. The highest BCUT2D eigenvalue weighted by atomic mass is 16.5. The van der Waals surface area contributed by atoms with Crippen molar-refractivity contribution >= 4 is 18.0 Å². The zero-order valence-electron chi connectivity index (χ0n) is 19.4. The Hall–Kier alpha value is -3.35. The number of nitrogens with zero attached hydrogens (tertiary/aromatic N) is 1. The van der Waals surface area contributed by atoms with Gasteiger partial charge in [-0.25, -0.2) is 4.79 Å². The molecule has 4 aliphatic carbocycles. The number of aliphatic carboxylic acids is 1. The van der Waals surface area contributed by atoms with Gasteiger partial charge in [-0.1, -0.05) is 48.5 Å². The van der Waals surface area contributed by atoms with E-state index in [1.165, 1.54) is 22.3 Å². The first-order valence-electron chi connectivity index (χ1n) is 12.6. The van der Waals surface area contributed by atoms with Crippen molar-refractivity contribution in [2.75, 3.05) is 19.7 Å². The van der Waals surface area contributed by atoms with Crippen LogP contribution < -0.4 is 5.32 Å². The van der Waals surface area contributed by atoms with Crippen molar-refractivity contribution in [1.29, 1.82) is 0 Å². The molecule has 180 valence electrons. The molecule has 5 aliphatic rings. The average Bonchev–Trinajstić information content (AvgIpc) is 3.54. The van der Waals surface area contributed by atoms with Crippen molar-refractivity contribution in [1.82, 2.24) is 10.2 Å². The van der Waals surface area contributed by atoms with E-state index in [4.69, 9.17) is 4.74 Å². The van der Waals surface area contributed by atoms with E-state index >= 15 is 0 Å². The number of hydrogen-bond acceptors (Lipinski definition) is 4. The maximum Gasteiger partial charge on any atom is 0.407 e. The third-order valence-corrected chi connectivity index (χ3v) is 9.27. The molecule has 0 spiro atoms. The highest BCUT2D eigenvalue weighted by molar-refractivity contribution is 5.88. The van der Waals surface area contributed by atoms with Crippen LogP contribution in [0.25, 0.3) is 11.1 Å². The average molecular weight is 473 g/mol. The van der Waals surface area contributed by atoms with Crippen LogP contribution in [-0.4, -0.2) is 53.7 Å². The van der Waals surface area contributed by atoms with Gasteiger partial charge in [0.25, 0.3) is 0 Å². The molecule has 2 N–H and O–H groups in total. The van der Waals surface area contributed by atoms with Gasteiger partial charge in [0.05, 0.1) is 11.3 Å². The van der Waals surface area contributed by atoms with Crippen LogP contribution in [0.4, 0.5) is 4.79 Å². The van der Waals surface area contributed by atoms with Gasteiger partial charge in [0.2, 0.25) is 5.91 Å². The Morgan fingerprint density at radius 2 is 1.60 bits per heavy atom. The van der Waals surface area contributed by atoms with Gasteiger partial charge in [0.1, 0.15) is 6.61 Å². The molecule has 1 aliphatic heterocycles. The molecule has 2 amide bonds. The largest absolute Gasteiger partial charge is 0.481 e. The summed E-state index contributed by atoms with van der Waals surface area (Å²) in [7, 11) is 0. The van der Waals surface area contributed by atoms with Crippen LogP contribution in [0.3, 0.4) is 0 Å². The molecule has 0 aromatic heterocycles. The molecular weight excluding hydrogens is 444 g/mol. The van der Waals surface area contributed by atoms with Gasteiger partial charge in [-0.05, 0) is 59.3 Å². The summed E-state index contributed by atoms with van der Waals surface area (Å²) < 4.78 is 5.70. The lowest BCUT2D eigenvalue weighted by molar-refractivity contribution is -0.142. The predicted molar refractivity (Wildman–Crippen MR) is 126 cm³/mol. The number of rotatable bonds is 5. The minimum absolute atomic E-state index is 0.0225. The summed E-state index contributed by atoms with van der Waals surface area (Å²) in [5, 5.41) is 12.2. The van der Waals surface area contributed by atoms with Crippen molar-refractivity contribution in [2.24, 2.45) is 29.1 Å². The number of fused-ring (bicyclic) bond motifs is 5. The van der Waals surface area contributed by atoms with Crippen molar-refractivity contribution in [3.8, 4) is 11.1 Å². The van der Waals surface area contributed by atoms with Gasteiger partial charge >= 0.3 is 12.1 Å². The monoisotopic (exact) mass is 472 g/mol. The minimum Gasteiger partial charge on any atom is -0.481 e. The molecule has 2 aromatic rings. The quantitative estimate of drug-likeness (QED) is 0.695. The van der Waals surface area contributed by atoms with Gasteiger partial charge in [-0.15, -0.1) is 0 Å². The number of carboxylic acids is 1. The van der Waals surface area contributed by atoms with Crippen LogP contribution in [0.15, 0.2) is 48.5 Å². The molecule has 7 nitrogen and oxygen atoms in total. The molecule has 3 saturated carbocycles. The van der Waals surface area contributed by atoms with E-state index in [0.717, 1.165) is 12.8 Å². The number of likely N-dealkylation sites (tertiary alicyclic amines) is 1.